The van der Waals surface area contributed by atoms with Crippen molar-refractivity contribution in [2.45, 2.75) is 6.92 Å². The lowest BCUT2D eigenvalue weighted by Crippen LogP contribution is -2.13. The molecule has 0 saturated carbocycles. The Labute approximate surface area is 132 Å². The van der Waals surface area contributed by atoms with Crippen LogP contribution in [0.3, 0.4) is 0 Å². The molecule has 1 heterocycles. The summed E-state index contributed by atoms with van der Waals surface area (Å²) in [5.41, 5.74) is 4.70. The molecular formula is C16H12N6O. The van der Waals surface area contributed by atoms with Crippen molar-refractivity contribution in [3.05, 3.63) is 53.9 Å². The first-order valence-corrected chi connectivity index (χ1v) is 6.60. The standard InChI is InChI=1S/C16H12N6O/c1-11-2-4-12(5-3-11)20-16(23)15-7-6-13(10-19-15)21-22-14(8-17)9-18/h2-7,10,21H,1H3,(H,20,23). The van der Waals surface area contributed by atoms with Gasteiger partial charge < -0.3 is 5.32 Å². The molecule has 2 N–H and O–H groups in total. The fourth-order valence-electron chi connectivity index (χ4n) is 1.62. The van der Waals surface area contributed by atoms with E-state index in [4.69, 9.17) is 10.5 Å². The highest BCUT2D eigenvalue weighted by molar-refractivity contribution is 6.10. The number of nitrogens with zero attached hydrogens (tertiary/aromatic N) is 4. The van der Waals surface area contributed by atoms with Crippen molar-refractivity contribution < 1.29 is 4.79 Å². The van der Waals surface area contributed by atoms with Crippen molar-refractivity contribution in [3.8, 4) is 12.1 Å². The Balaban J connectivity index is 2.03. The minimum Gasteiger partial charge on any atom is -0.321 e. The number of nitriles is 2. The summed E-state index contributed by atoms with van der Waals surface area (Å²) >= 11 is 0. The third kappa shape index (κ3) is 4.38. The molecule has 0 unspecified atom stereocenters. The van der Waals surface area contributed by atoms with Crippen molar-refractivity contribution >= 4 is 23.0 Å². The van der Waals surface area contributed by atoms with Gasteiger partial charge in [-0.15, -0.1) is 0 Å². The Kier molecular flexibility index (Phi) is 5.00. The summed E-state index contributed by atoms with van der Waals surface area (Å²) in [6.45, 7) is 1.96. The summed E-state index contributed by atoms with van der Waals surface area (Å²) in [6.07, 6.45) is 1.39. The molecule has 1 amide bonds. The molecule has 1 aromatic heterocycles. The molecule has 112 valence electrons. The van der Waals surface area contributed by atoms with Crippen LogP contribution in [0.1, 0.15) is 16.1 Å². The van der Waals surface area contributed by atoms with Crippen LogP contribution in [0.15, 0.2) is 47.7 Å². The van der Waals surface area contributed by atoms with Crippen molar-refractivity contribution in [1.29, 1.82) is 10.5 Å². The highest BCUT2D eigenvalue weighted by atomic mass is 16.1. The second-order valence-corrected chi connectivity index (χ2v) is 4.55. The molecule has 1 aromatic carbocycles. The first-order chi connectivity index (χ1) is 11.1. The lowest BCUT2D eigenvalue weighted by atomic mass is 10.2. The van der Waals surface area contributed by atoms with Gasteiger partial charge in [-0.05, 0) is 31.2 Å². The largest absolute Gasteiger partial charge is 0.321 e. The van der Waals surface area contributed by atoms with Crippen LogP contribution < -0.4 is 10.7 Å². The van der Waals surface area contributed by atoms with Crippen LogP contribution in [0.25, 0.3) is 0 Å². The topological polar surface area (TPSA) is 114 Å². The van der Waals surface area contributed by atoms with E-state index in [2.05, 4.69) is 20.8 Å². The molecule has 0 atom stereocenters. The number of aryl methyl sites for hydroxylation is 1. The minimum atomic E-state index is -0.335. The average molecular weight is 304 g/mol. The van der Waals surface area contributed by atoms with Gasteiger partial charge >= 0.3 is 0 Å². The monoisotopic (exact) mass is 304 g/mol. The second-order valence-electron chi connectivity index (χ2n) is 4.55. The molecule has 7 heteroatoms. The Hall–Kier alpha value is -3.71. The van der Waals surface area contributed by atoms with E-state index in [1.807, 2.05) is 31.2 Å². The predicted octanol–water partition coefficient (Wildman–Crippen LogP) is 2.46. The number of hydrazone groups is 1. The van der Waals surface area contributed by atoms with Crippen LogP contribution in [0.5, 0.6) is 0 Å². The Morgan fingerprint density at radius 3 is 2.30 bits per heavy atom. The summed E-state index contributed by atoms with van der Waals surface area (Å²) < 4.78 is 0. The Morgan fingerprint density at radius 2 is 1.74 bits per heavy atom. The van der Waals surface area contributed by atoms with E-state index < -0.39 is 0 Å². The van der Waals surface area contributed by atoms with Gasteiger partial charge in [0.15, 0.2) is 0 Å². The average Bonchev–Trinajstić information content (AvgIpc) is 2.58. The van der Waals surface area contributed by atoms with Crippen molar-refractivity contribution in [3.63, 3.8) is 0 Å². The highest BCUT2D eigenvalue weighted by Gasteiger charge is 2.07. The van der Waals surface area contributed by atoms with Crippen molar-refractivity contribution in [2.75, 3.05) is 10.7 Å². The fraction of sp³-hybridized carbons (Fsp3) is 0.0625. The number of rotatable bonds is 4. The van der Waals surface area contributed by atoms with E-state index in [-0.39, 0.29) is 17.3 Å². The first kappa shape index (κ1) is 15.7. The SMILES string of the molecule is Cc1ccc(NC(=O)c2ccc(NN=C(C#N)C#N)cn2)cc1. The fourth-order valence-corrected chi connectivity index (χ4v) is 1.62. The summed E-state index contributed by atoms with van der Waals surface area (Å²) in [5.74, 6) is -0.335. The van der Waals surface area contributed by atoms with Crippen LogP contribution in [-0.2, 0) is 0 Å². The molecule has 0 spiro atoms. The number of hydrogen-bond donors (Lipinski definition) is 2. The minimum absolute atomic E-state index is 0.237. The number of carbonyl (C=O) groups excluding carboxylic acids is 1. The summed E-state index contributed by atoms with van der Waals surface area (Å²) in [7, 11) is 0. The van der Waals surface area contributed by atoms with E-state index in [0.717, 1.165) is 5.56 Å². The van der Waals surface area contributed by atoms with Crippen LogP contribution in [0.4, 0.5) is 11.4 Å². The van der Waals surface area contributed by atoms with Crippen molar-refractivity contribution in [1.82, 2.24) is 4.98 Å². The Bertz CT molecular complexity index is 794. The lowest BCUT2D eigenvalue weighted by molar-refractivity contribution is 0.102. The molecule has 2 rings (SSSR count). The maximum atomic E-state index is 12.1. The number of pyridine rings is 1. The molecule has 0 radical (unpaired) electrons. The molecule has 23 heavy (non-hydrogen) atoms. The molecular weight excluding hydrogens is 292 g/mol. The molecule has 0 aliphatic rings. The van der Waals surface area contributed by atoms with Gasteiger partial charge in [-0.1, -0.05) is 17.7 Å². The Morgan fingerprint density at radius 1 is 1.09 bits per heavy atom. The summed E-state index contributed by atoms with van der Waals surface area (Å²) in [5, 5.41) is 23.5. The van der Waals surface area contributed by atoms with Gasteiger partial charge in [-0.3, -0.25) is 10.2 Å². The molecule has 0 bridgehead atoms. The second kappa shape index (κ2) is 7.34. The third-order valence-electron chi connectivity index (χ3n) is 2.81. The maximum Gasteiger partial charge on any atom is 0.274 e. The van der Waals surface area contributed by atoms with Crippen LogP contribution in [0, 0.1) is 29.6 Å². The third-order valence-corrected chi connectivity index (χ3v) is 2.81. The van der Waals surface area contributed by atoms with Gasteiger partial charge in [0.2, 0.25) is 5.71 Å². The summed E-state index contributed by atoms with van der Waals surface area (Å²) in [6, 6.07) is 13.8. The lowest BCUT2D eigenvalue weighted by Gasteiger charge is -2.05. The number of aromatic nitrogens is 1. The number of anilines is 2. The van der Waals surface area contributed by atoms with E-state index in [0.29, 0.717) is 11.4 Å². The maximum absolute atomic E-state index is 12.1. The van der Waals surface area contributed by atoms with E-state index in [1.165, 1.54) is 12.3 Å². The molecule has 0 aliphatic carbocycles. The van der Waals surface area contributed by atoms with E-state index >= 15 is 0 Å². The van der Waals surface area contributed by atoms with Crippen LogP contribution >= 0.6 is 0 Å². The number of nitrogens with one attached hydrogen (secondary N) is 2. The quantitative estimate of drug-likeness (QED) is 0.665. The molecule has 7 nitrogen and oxygen atoms in total. The van der Waals surface area contributed by atoms with E-state index in [1.54, 1.807) is 18.2 Å². The first-order valence-electron chi connectivity index (χ1n) is 6.60. The number of benzene rings is 1. The van der Waals surface area contributed by atoms with Gasteiger partial charge in [0.05, 0.1) is 11.9 Å². The van der Waals surface area contributed by atoms with E-state index in [9.17, 15) is 4.79 Å². The van der Waals surface area contributed by atoms with Gasteiger partial charge in [0.1, 0.15) is 17.8 Å². The van der Waals surface area contributed by atoms with Gasteiger partial charge in [-0.2, -0.15) is 15.6 Å². The number of carbonyl (C=O) groups is 1. The van der Waals surface area contributed by atoms with Crippen LogP contribution in [-0.4, -0.2) is 16.6 Å². The molecule has 2 aromatic rings. The number of hydrogen-bond acceptors (Lipinski definition) is 6. The smallest absolute Gasteiger partial charge is 0.274 e. The van der Waals surface area contributed by atoms with Gasteiger partial charge in [0, 0.05) is 5.69 Å². The van der Waals surface area contributed by atoms with Crippen molar-refractivity contribution in [2.24, 2.45) is 5.10 Å². The van der Waals surface area contributed by atoms with Gasteiger partial charge in [0.25, 0.3) is 5.91 Å². The predicted molar refractivity (Wildman–Crippen MR) is 85.7 cm³/mol. The van der Waals surface area contributed by atoms with Gasteiger partial charge in [-0.25, -0.2) is 4.98 Å². The zero-order valence-electron chi connectivity index (χ0n) is 12.2. The molecule has 0 saturated heterocycles. The summed E-state index contributed by atoms with van der Waals surface area (Å²) in [4.78, 5) is 16.1. The molecule has 0 fully saturated rings. The zero-order valence-corrected chi connectivity index (χ0v) is 12.2. The zero-order chi connectivity index (χ0) is 16.7. The van der Waals surface area contributed by atoms with Crippen LogP contribution in [0.2, 0.25) is 0 Å². The highest BCUT2D eigenvalue weighted by Crippen LogP contribution is 2.11. The molecule has 0 aliphatic heterocycles. The normalized spacial score (nSPS) is 9.17. The number of amides is 1.